The average molecular weight is 280 g/mol. The van der Waals surface area contributed by atoms with E-state index in [0.29, 0.717) is 17.6 Å². The van der Waals surface area contributed by atoms with Gasteiger partial charge in [0.05, 0.1) is 34.3 Å². The highest BCUT2D eigenvalue weighted by Gasteiger charge is 2.16. The number of hydrogen-bond donors (Lipinski definition) is 0. The molecule has 0 saturated heterocycles. The highest BCUT2D eigenvalue weighted by molar-refractivity contribution is 7.86. The molecule has 0 saturated carbocycles. The fraction of sp³-hybridized carbons (Fsp3) is 1.00. The fourth-order valence-corrected chi connectivity index (χ4v) is 2.77. The van der Waals surface area contributed by atoms with Gasteiger partial charge in [0.25, 0.3) is 10.1 Å². The number of quaternary nitrogens is 1. The third-order valence-corrected chi connectivity index (χ3v) is 3.98. The third-order valence-electron chi connectivity index (χ3n) is 2.77. The van der Waals surface area contributed by atoms with Crippen molar-refractivity contribution in [3.05, 3.63) is 0 Å². The lowest BCUT2D eigenvalue weighted by Gasteiger charge is -2.23. The maximum Gasteiger partial charge on any atom is 0.272 e. The second-order valence-corrected chi connectivity index (χ2v) is 7.62. The van der Waals surface area contributed by atoms with Gasteiger partial charge in [-0.2, -0.15) is 8.42 Å². The summed E-state index contributed by atoms with van der Waals surface area (Å²) in [6.07, 6.45) is 6.82. The Morgan fingerprint density at radius 3 is 2.06 bits per heavy atom. The molecule has 0 aromatic rings. The summed E-state index contributed by atoms with van der Waals surface area (Å²) in [4.78, 5) is 0. The van der Waals surface area contributed by atoms with Crippen LogP contribution in [-0.2, 0) is 14.3 Å². The molecule has 110 valence electrons. The number of unbranched alkanes of at least 4 members (excludes halogenated alkanes) is 5. The molecule has 0 aliphatic heterocycles. The molecule has 0 N–H and O–H groups in total. The van der Waals surface area contributed by atoms with Crippen LogP contribution in [0.1, 0.15) is 45.4 Å². The zero-order chi connectivity index (χ0) is 14.1. The van der Waals surface area contributed by atoms with E-state index in [1.807, 2.05) is 21.1 Å². The molecule has 0 heterocycles. The van der Waals surface area contributed by atoms with Gasteiger partial charge in [-0.25, -0.2) is 0 Å². The lowest BCUT2D eigenvalue weighted by atomic mass is 10.1. The Morgan fingerprint density at radius 1 is 0.944 bits per heavy atom. The SMILES string of the molecule is CCCCCCCCOS(=O)(=O)CC[N+](C)(C)C. The van der Waals surface area contributed by atoms with E-state index >= 15 is 0 Å². The van der Waals surface area contributed by atoms with Gasteiger partial charge in [0.1, 0.15) is 5.75 Å². The molecular weight excluding hydrogens is 250 g/mol. The predicted octanol–water partition coefficient (Wildman–Crippen LogP) is 2.40. The van der Waals surface area contributed by atoms with Gasteiger partial charge in [-0.15, -0.1) is 0 Å². The van der Waals surface area contributed by atoms with Crippen LogP contribution >= 0.6 is 0 Å². The standard InChI is InChI=1S/C13H30NO3S/c1-5-6-7-8-9-10-12-17-18(15,16)13-11-14(2,3)4/h5-13H2,1-4H3/q+1. The topological polar surface area (TPSA) is 43.4 Å². The van der Waals surface area contributed by atoms with E-state index < -0.39 is 10.1 Å². The monoisotopic (exact) mass is 280 g/mol. The molecule has 0 radical (unpaired) electrons. The van der Waals surface area contributed by atoms with E-state index in [1.165, 1.54) is 25.7 Å². The normalized spacial score (nSPS) is 12.9. The molecule has 0 unspecified atom stereocenters. The van der Waals surface area contributed by atoms with Crippen LogP contribution in [0.5, 0.6) is 0 Å². The Bertz CT molecular complexity index is 294. The van der Waals surface area contributed by atoms with Crippen LogP contribution in [0.25, 0.3) is 0 Å². The van der Waals surface area contributed by atoms with Crippen LogP contribution in [0, 0.1) is 0 Å². The third kappa shape index (κ3) is 12.3. The molecule has 0 aromatic heterocycles. The molecule has 0 aliphatic rings. The van der Waals surface area contributed by atoms with Crippen molar-refractivity contribution in [1.82, 2.24) is 0 Å². The first kappa shape index (κ1) is 17.9. The summed E-state index contributed by atoms with van der Waals surface area (Å²) in [6, 6.07) is 0. The molecule has 0 amide bonds. The minimum Gasteiger partial charge on any atom is -0.330 e. The molecule has 0 aliphatic carbocycles. The Labute approximate surface area is 113 Å². The summed E-state index contributed by atoms with van der Waals surface area (Å²) in [5, 5.41) is 0. The zero-order valence-corrected chi connectivity index (χ0v) is 13.3. The van der Waals surface area contributed by atoms with E-state index in [4.69, 9.17) is 4.18 Å². The summed E-state index contributed by atoms with van der Waals surface area (Å²) >= 11 is 0. The quantitative estimate of drug-likeness (QED) is 0.331. The maximum absolute atomic E-state index is 11.6. The molecule has 18 heavy (non-hydrogen) atoms. The highest BCUT2D eigenvalue weighted by Crippen LogP contribution is 2.06. The Hall–Kier alpha value is -0.130. The first-order valence-corrected chi connectivity index (χ1v) is 8.52. The van der Waals surface area contributed by atoms with E-state index in [0.717, 1.165) is 12.8 Å². The van der Waals surface area contributed by atoms with Crippen molar-refractivity contribution in [2.75, 3.05) is 40.0 Å². The Kier molecular flexibility index (Phi) is 8.82. The largest absolute Gasteiger partial charge is 0.330 e. The van der Waals surface area contributed by atoms with Crippen molar-refractivity contribution < 1.29 is 17.1 Å². The van der Waals surface area contributed by atoms with Crippen LogP contribution in [0.2, 0.25) is 0 Å². The minimum atomic E-state index is -3.33. The Morgan fingerprint density at radius 2 is 1.50 bits per heavy atom. The summed E-state index contributed by atoms with van der Waals surface area (Å²) in [5.41, 5.74) is 0. The molecule has 0 rings (SSSR count). The molecule has 0 atom stereocenters. The first-order valence-electron chi connectivity index (χ1n) is 6.94. The van der Waals surface area contributed by atoms with Gasteiger partial charge in [-0.05, 0) is 6.42 Å². The van der Waals surface area contributed by atoms with Crippen LogP contribution in [0.4, 0.5) is 0 Å². The van der Waals surface area contributed by atoms with Gasteiger partial charge in [-0.1, -0.05) is 39.0 Å². The highest BCUT2D eigenvalue weighted by atomic mass is 32.2. The molecule has 0 bridgehead atoms. The van der Waals surface area contributed by atoms with Crippen molar-refractivity contribution in [3.63, 3.8) is 0 Å². The van der Waals surface area contributed by atoms with Crippen LogP contribution in [0.3, 0.4) is 0 Å². The van der Waals surface area contributed by atoms with Crippen molar-refractivity contribution >= 4 is 10.1 Å². The Balaban J connectivity index is 3.59. The summed E-state index contributed by atoms with van der Waals surface area (Å²) < 4.78 is 28.8. The lowest BCUT2D eigenvalue weighted by molar-refractivity contribution is -0.867. The van der Waals surface area contributed by atoms with Gasteiger partial charge >= 0.3 is 0 Å². The summed E-state index contributed by atoms with van der Waals surface area (Å²) in [6.45, 7) is 3.11. The van der Waals surface area contributed by atoms with Gasteiger partial charge in [-0.3, -0.25) is 4.18 Å². The van der Waals surface area contributed by atoms with E-state index in [1.54, 1.807) is 0 Å². The van der Waals surface area contributed by atoms with Crippen molar-refractivity contribution in [2.24, 2.45) is 0 Å². The average Bonchev–Trinajstić information content (AvgIpc) is 2.25. The zero-order valence-electron chi connectivity index (χ0n) is 12.4. The van der Waals surface area contributed by atoms with E-state index in [9.17, 15) is 8.42 Å². The fourth-order valence-electron chi connectivity index (χ4n) is 1.51. The maximum atomic E-state index is 11.6. The smallest absolute Gasteiger partial charge is 0.272 e. The second kappa shape index (κ2) is 8.88. The van der Waals surface area contributed by atoms with Crippen LogP contribution < -0.4 is 0 Å². The number of rotatable bonds is 11. The molecule has 4 nitrogen and oxygen atoms in total. The lowest BCUT2D eigenvalue weighted by Crippen LogP contribution is -2.39. The van der Waals surface area contributed by atoms with Crippen molar-refractivity contribution in [3.8, 4) is 0 Å². The molecule has 0 spiro atoms. The summed E-state index contributed by atoms with van der Waals surface area (Å²) in [5.74, 6) is 0.104. The van der Waals surface area contributed by atoms with Crippen LogP contribution in [-0.4, -0.2) is 52.9 Å². The minimum absolute atomic E-state index is 0.104. The van der Waals surface area contributed by atoms with Crippen molar-refractivity contribution in [2.45, 2.75) is 45.4 Å². The number of hydrogen-bond acceptors (Lipinski definition) is 3. The van der Waals surface area contributed by atoms with Crippen LogP contribution in [0.15, 0.2) is 0 Å². The van der Waals surface area contributed by atoms with Gasteiger partial charge in [0.15, 0.2) is 0 Å². The number of nitrogens with zero attached hydrogens (tertiary/aromatic N) is 1. The summed E-state index contributed by atoms with van der Waals surface area (Å²) in [7, 11) is 2.60. The van der Waals surface area contributed by atoms with Gasteiger partial charge < -0.3 is 4.48 Å². The molecule has 0 fully saturated rings. The molecular formula is C13H30NO3S+. The predicted molar refractivity (Wildman–Crippen MR) is 76.0 cm³/mol. The van der Waals surface area contributed by atoms with Gasteiger partial charge in [0.2, 0.25) is 0 Å². The molecule has 5 heteroatoms. The van der Waals surface area contributed by atoms with E-state index in [2.05, 4.69) is 6.92 Å². The van der Waals surface area contributed by atoms with E-state index in [-0.39, 0.29) is 5.75 Å². The second-order valence-electron chi connectivity index (χ2n) is 5.87. The van der Waals surface area contributed by atoms with Crippen molar-refractivity contribution in [1.29, 1.82) is 0 Å². The molecule has 0 aromatic carbocycles. The first-order chi connectivity index (χ1) is 8.27. The van der Waals surface area contributed by atoms with Gasteiger partial charge in [0, 0.05) is 0 Å².